The van der Waals surface area contributed by atoms with E-state index in [0.717, 1.165) is 18.0 Å². The highest BCUT2D eigenvalue weighted by Crippen LogP contribution is 2.01. The van der Waals surface area contributed by atoms with Gasteiger partial charge in [0.25, 0.3) is 0 Å². The summed E-state index contributed by atoms with van der Waals surface area (Å²) in [4.78, 5) is 0. The summed E-state index contributed by atoms with van der Waals surface area (Å²) in [5, 5.41) is 6.98. The van der Waals surface area contributed by atoms with Gasteiger partial charge in [0.2, 0.25) is 0 Å². The molecule has 0 aliphatic carbocycles. The fraction of sp³-hybridized carbons (Fsp3) is 0.667. The molecular weight excluding hydrogens is 166 g/mol. The van der Waals surface area contributed by atoms with Gasteiger partial charge < -0.3 is 15.6 Å². The average molecular weight is 183 g/mol. The Kier molecular flexibility index (Phi) is 3.06. The monoisotopic (exact) mass is 183 g/mol. The van der Waals surface area contributed by atoms with E-state index in [1.54, 1.807) is 0 Å². The number of hydrogen-bond acceptors (Lipinski definition) is 4. The molecule has 13 heavy (non-hydrogen) atoms. The van der Waals surface area contributed by atoms with Crippen LogP contribution in [0.2, 0.25) is 0 Å². The van der Waals surface area contributed by atoms with E-state index >= 15 is 0 Å². The van der Waals surface area contributed by atoms with E-state index in [1.807, 2.05) is 26.8 Å². The summed E-state index contributed by atoms with van der Waals surface area (Å²) in [5.41, 5.74) is 6.52. The molecule has 4 nitrogen and oxygen atoms in total. The van der Waals surface area contributed by atoms with Crippen molar-refractivity contribution in [3.8, 4) is 0 Å². The van der Waals surface area contributed by atoms with E-state index < -0.39 is 0 Å². The van der Waals surface area contributed by atoms with Gasteiger partial charge in [-0.15, -0.1) is 0 Å². The van der Waals surface area contributed by atoms with Gasteiger partial charge in [0.15, 0.2) is 5.76 Å². The van der Waals surface area contributed by atoms with Crippen molar-refractivity contribution in [1.82, 2.24) is 10.5 Å². The lowest BCUT2D eigenvalue weighted by molar-refractivity contribution is 0.361. The first-order chi connectivity index (χ1) is 5.97. The standard InChI is InChI=1S/C9H17N3O/c1-7-4-8(13-12-7)5-11-6-9(2,3)10/h4,11H,5-6,10H2,1-3H3. The third-order valence-electron chi connectivity index (χ3n) is 1.56. The van der Waals surface area contributed by atoms with Gasteiger partial charge in [-0.2, -0.15) is 0 Å². The molecule has 0 unspecified atom stereocenters. The van der Waals surface area contributed by atoms with Crippen molar-refractivity contribution in [3.63, 3.8) is 0 Å². The maximum atomic E-state index is 5.80. The highest BCUT2D eigenvalue weighted by Gasteiger charge is 2.09. The number of nitrogens with one attached hydrogen (secondary N) is 1. The van der Waals surface area contributed by atoms with Crippen molar-refractivity contribution in [2.24, 2.45) is 5.73 Å². The summed E-state index contributed by atoms with van der Waals surface area (Å²) in [6.45, 7) is 7.30. The average Bonchev–Trinajstić information content (AvgIpc) is 2.33. The van der Waals surface area contributed by atoms with Crippen LogP contribution < -0.4 is 11.1 Å². The van der Waals surface area contributed by atoms with Crippen LogP contribution in [-0.2, 0) is 6.54 Å². The largest absolute Gasteiger partial charge is 0.360 e. The molecule has 0 fully saturated rings. The Hall–Kier alpha value is -0.870. The first-order valence-corrected chi connectivity index (χ1v) is 4.39. The van der Waals surface area contributed by atoms with E-state index in [0.29, 0.717) is 6.54 Å². The predicted octanol–water partition coefficient (Wildman–Crippen LogP) is 0.810. The number of aryl methyl sites for hydroxylation is 1. The third kappa shape index (κ3) is 4.05. The second kappa shape index (κ2) is 3.89. The molecular formula is C9H17N3O. The van der Waals surface area contributed by atoms with Crippen LogP contribution in [0.3, 0.4) is 0 Å². The number of nitrogens with zero attached hydrogens (tertiary/aromatic N) is 1. The summed E-state index contributed by atoms with van der Waals surface area (Å²) < 4.78 is 5.03. The Bertz CT molecular complexity index is 262. The zero-order valence-electron chi connectivity index (χ0n) is 8.42. The van der Waals surface area contributed by atoms with Gasteiger partial charge in [-0.1, -0.05) is 5.16 Å². The van der Waals surface area contributed by atoms with Crippen LogP contribution >= 0.6 is 0 Å². The normalized spacial score (nSPS) is 12.0. The van der Waals surface area contributed by atoms with Crippen molar-refractivity contribution in [3.05, 3.63) is 17.5 Å². The molecule has 0 aromatic carbocycles. The molecule has 0 radical (unpaired) electrons. The van der Waals surface area contributed by atoms with E-state index in [9.17, 15) is 0 Å². The lowest BCUT2D eigenvalue weighted by atomic mass is 10.1. The quantitative estimate of drug-likeness (QED) is 0.725. The summed E-state index contributed by atoms with van der Waals surface area (Å²) in [7, 11) is 0. The lowest BCUT2D eigenvalue weighted by Crippen LogP contribution is -2.42. The molecule has 0 aliphatic heterocycles. The maximum absolute atomic E-state index is 5.80. The van der Waals surface area contributed by atoms with Crippen molar-refractivity contribution in [2.75, 3.05) is 6.54 Å². The molecule has 3 N–H and O–H groups in total. The van der Waals surface area contributed by atoms with Gasteiger partial charge in [-0.25, -0.2) is 0 Å². The molecule has 0 amide bonds. The van der Waals surface area contributed by atoms with Crippen molar-refractivity contribution >= 4 is 0 Å². The molecule has 4 heteroatoms. The molecule has 0 aliphatic rings. The minimum atomic E-state index is -0.185. The summed E-state index contributed by atoms with van der Waals surface area (Å²) in [5.74, 6) is 0.849. The highest BCUT2D eigenvalue weighted by atomic mass is 16.5. The second-order valence-electron chi connectivity index (χ2n) is 4.03. The molecule has 0 spiro atoms. The fourth-order valence-electron chi connectivity index (χ4n) is 1.01. The molecule has 1 aromatic heterocycles. The molecule has 0 bridgehead atoms. The Morgan fingerprint density at radius 2 is 2.31 bits per heavy atom. The minimum absolute atomic E-state index is 0.185. The molecule has 0 saturated carbocycles. The van der Waals surface area contributed by atoms with Gasteiger partial charge in [-0.3, -0.25) is 0 Å². The van der Waals surface area contributed by atoms with Crippen molar-refractivity contribution in [2.45, 2.75) is 32.9 Å². The Morgan fingerprint density at radius 3 is 2.77 bits per heavy atom. The molecule has 74 valence electrons. The Morgan fingerprint density at radius 1 is 1.62 bits per heavy atom. The summed E-state index contributed by atoms with van der Waals surface area (Å²) in [6, 6.07) is 1.91. The first-order valence-electron chi connectivity index (χ1n) is 4.39. The van der Waals surface area contributed by atoms with Crippen LogP contribution in [0.25, 0.3) is 0 Å². The SMILES string of the molecule is Cc1cc(CNCC(C)(C)N)on1. The second-order valence-corrected chi connectivity index (χ2v) is 4.03. The molecule has 0 saturated heterocycles. The van der Waals surface area contributed by atoms with Gasteiger partial charge in [0.1, 0.15) is 0 Å². The fourth-order valence-corrected chi connectivity index (χ4v) is 1.01. The van der Waals surface area contributed by atoms with Crippen LogP contribution in [0.1, 0.15) is 25.3 Å². The number of hydrogen-bond donors (Lipinski definition) is 2. The molecule has 1 rings (SSSR count). The first kappa shape index (κ1) is 10.2. The van der Waals surface area contributed by atoms with Crippen LogP contribution in [0, 0.1) is 6.92 Å². The van der Waals surface area contributed by atoms with Crippen LogP contribution in [0.5, 0.6) is 0 Å². The van der Waals surface area contributed by atoms with Gasteiger partial charge in [-0.05, 0) is 20.8 Å². The zero-order chi connectivity index (χ0) is 9.90. The van der Waals surface area contributed by atoms with Gasteiger partial charge in [0, 0.05) is 18.2 Å². The lowest BCUT2D eigenvalue weighted by Gasteiger charge is -2.18. The Balaban J connectivity index is 2.28. The van der Waals surface area contributed by atoms with E-state index in [-0.39, 0.29) is 5.54 Å². The van der Waals surface area contributed by atoms with Crippen LogP contribution in [0.15, 0.2) is 10.6 Å². The molecule has 1 aromatic rings. The Labute approximate surface area is 78.5 Å². The number of aromatic nitrogens is 1. The summed E-state index contributed by atoms with van der Waals surface area (Å²) >= 11 is 0. The van der Waals surface area contributed by atoms with Crippen molar-refractivity contribution < 1.29 is 4.52 Å². The van der Waals surface area contributed by atoms with E-state index in [2.05, 4.69) is 10.5 Å². The minimum Gasteiger partial charge on any atom is -0.360 e. The van der Waals surface area contributed by atoms with Gasteiger partial charge in [0.05, 0.1) is 12.2 Å². The highest BCUT2D eigenvalue weighted by molar-refractivity contribution is 5.02. The number of rotatable bonds is 4. The summed E-state index contributed by atoms with van der Waals surface area (Å²) in [6.07, 6.45) is 0. The molecule has 1 heterocycles. The number of nitrogens with two attached hydrogens (primary N) is 1. The predicted molar refractivity (Wildman–Crippen MR) is 51.2 cm³/mol. The zero-order valence-corrected chi connectivity index (χ0v) is 8.42. The maximum Gasteiger partial charge on any atom is 0.150 e. The van der Waals surface area contributed by atoms with E-state index in [1.165, 1.54) is 0 Å². The van der Waals surface area contributed by atoms with E-state index in [4.69, 9.17) is 10.3 Å². The topological polar surface area (TPSA) is 64.1 Å². The van der Waals surface area contributed by atoms with Crippen LogP contribution in [-0.4, -0.2) is 17.2 Å². The smallest absolute Gasteiger partial charge is 0.150 e. The third-order valence-corrected chi connectivity index (χ3v) is 1.56. The van der Waals surface area contributed by atoms with Crippen LogP contribution in [0.4, 0.5) is 0 Å². The van der Waals surface area contributed by atoms with Gasteiger partial charge >= 0.3 is 0 Å². The molecule has 0 atom stereocenters. The van der Waals surface area contributed by atoms with Crippen molar-refractivity contribution in [1.29, 1.82) is 0 Å².